The molecule has 3 nitrogen and oxygen atoms in total. The minimum absolute atomic E-state index is 0.262. The average molecular weight is 182 g/mol. The van der Waals surface area contributed by atoms with Crippen LogP contribution in [0, 0.1) is 0 Å². The zero-order valence-corrected chi connectivity index (χ0v) is 7.64. The lowest BCUT2D eigenvalue weighted by Gasteiger charge is -2.10. The Morgan fingerprint density at radius 3 is 2.54 bits per heavy atom. The molecule has 0 saturated carbocycles. The molecule has 0 spiro atoms. The van der Waals surface area contributed by atoms with Crippen LogP contribution < -0.4 is 4.74 Å². The van der Waals surface area contributed by atoms with E-state index in [-0.39, 0.29) is 6.61 Å². The highest BCUT2D eigenvalue weighted by Crippen LogP contribution is 2.08. The Kier molecular flexibility index (Phi) is 4.29. The number of hydrogen-bond acceptors (Lipinski definition) is 3. The van der Waals surface area contributed by atoms with Crippen molar-refractivity contribution in [2.24, 2.45) is 0 Å². The Bertz CT molecular complexity index is 223. The average Bonchev–Trinajstić information content (AvgIpc) is 2.17. The summed E-state index contributed by atoms with van der Waals surface area (Å²) < 4.78 is 10.1. The van der Waals surface area contributed by atoms with Gasteiger partial charge < -0.3 is 14.6 Å². The summed E-state index contributed by atoms with van der Waals surface area (Å²) in [5.41, 5.74) is 0. The predicted octanol–water partition coefficient (Wildman–Crippen LogP) is 1.07. The molecule has 1 aromatic rings. The molecule has 0 unspecified atom stereocenters. The van der Waals surface area contributed by atoms with E-state index in [0.717, 1.165) is 5.75 Å². The van der Waals surface area contributed by atoms with Crippen LogP contribution in [0.3, 0.4) is 0 Å². The molecule has 0 radical (unpaired) electrons. The molecular weight excluding hydrogens is 168 g/mol. The van der Waals surface area contributed by atoms with Crippen LogP contribution in [0.5, 0.6) is 5.75 Å². The fourth-order valence-corrected chi connectivity index (χ4v) is 0.950. The molecule has 0 aliphatic rings. The number of benzene rings is 1. The SMILES string of the molecule is COC[C@@H](O)COc1ccccc1. The van der Waals surface area contributed by atoms with Crippen LogP contribution in [-0.4, -0.2) is 31.5 Å². The molecule has 0 aromatic heterocycles. The quantitative estimate of drug-likeness (QED) is 0.740. The van der Waals surface area contributed by atoms with Crippen LogP contribution in [0.25, 0.3) is 0 Å². The maximum Gasteiger partial charge on any atom is 0.119 e. The third kappa shape index (κ3) is 3.92. The summed E-state index contributed by atoms with van der Waals surface area (Å²) in [4.78, 5) is 0. The Hall–Kier alpha value is -1.06. The Morgan fingerprint density at radius 1 is 1.23 bits per heavy atom. The molecule has 0 amide bonds. The Labute approximate surface area is 77.9 Å². The second-order valence-corrected chi connectivity index (χ2v) is 2.73. The summed E-state index contributed by atoms with van der Waals surface area (Å²) in [6.07, 6.45) is -0.565. The van der Waals surface area contributed by atoms with Crippen LogP contribution in [-0.2, 0) is 4.74 Å². The van der Waals surface area contributed by atoms with E-state index in [1.807, 2.05) is 30.3 Å². The highest BCUT2D eigenvalue weighted by molar-refractivity contribution is 5.20. The van der Waals surface area contributed by atoms with Crippen molar-refractivity contribution in [1.29, 1.82) is 0 Å². The van der Waals surface area contributed by atoms with Gasteiger partial charge in [-0.05, 0) is 12.1 Å². The second-order valence-electron chi connectivity index (χ2n) is 2.73. The maximum absolute atomic E-state index is 9.26. The second kappa shape index (κ2) is 5.56. The molecule has 3 heteroatoms. The molecule has 1 aromatic carbocycles. The largest absolute Gasteiger partial charge is 0.491 e. The molecule has 0 fully saturated rings. The highest BCUT2D eigenvalue weighted by Gasteiger charge is 2.03. The first-order valence-corrected chi connectivity index (χ1v) is 4.18. The van der Waals surface area contributed by atoms with Gasteiger partial charge in [-0.3, -0.25) is 0 Å². The molecule has 1 atom stereocenters. The van der Waals surface area contributed by atoms with Crippen molar-refractivity contribution in [1.82, 2.24) is 0 Å². The van der Waals surface area contributed by atoms with E-state index >= 15 is 0 Å². The molecular formula is C10H14O3. The lowest BCUT2D eigenvalue weighted by Crippen LogP contribution is -2.22. The molecule has 1 N–H and O–H groups in total. The van der Waals surface area contributed by atoms with Gasteiger partial charge in [-0.1, -0.05) is 18.2 Å². The molecule has 0 bridgehead atoms. The molecule has 0 saturated heterocycles. The van der Waals surface area contributed by atoms with Gasteiger partial charge in [-0.25, -0.2) is 0 Å². The number of para-hydroxylation sites is 1. The third-order valence-electron chi connectivity index (χ3n) is 1.54. The van der Waals surface area contributed by atoms with Crippen LogP contribution >= 0.6 is 0 Å². The minimum atomic E-state index is -0.565. The van der Waals surface area contributed by atoms with E-state index in [2.05, 4.69) is 0 Å². The van der Waals surface area contributed by atoms with Crippen LogP contribution in [0.15, 0.2) is 30.3 Å². The number of hydrogen-bond donors (Lipinski definition) is 1. The van der Waals surface area contributed by atoms with Crippen molar-refractivity contribution < 1.29 is 14.6 Å². The molecule has 13 heavy (non-hydrogen) atoms. The van der Waals surface area contributed by atoms with Crippen molar-refractivity contribution in [2.75, 3.05) is 20.3 Å². The fraction of sp³-hybridized carbons (Fsp3) is 0.400. The number of rotatable bonds is 5. The van der Waals surface area contributed by atoms with E-state index in [1.165, 1.54) is 0 Å². The van der Waals surface area contributed by atoms with Crippen molar-refractivity contribution in [2.45, 2.75) is 6.10 Å². The monoisotopic (exact) mass is 182 g/mol. The van der Waals surface area contributed by atoms with Gasteiger partial charge in [0, 0.05) is 7.11 Å². The van der Waals surface area contributed by atoms with Crippen LogP contribution in [0.4, 0.5) is 0 Å². The van der Waals surface area contributed by atoms with Gasteiger partial charge in [0.25, 0.3) is 0 Å². The van der Waals surface area contributed by atoms with Crippen molar-refractivity contribution in [3.8, 4) is 5.75 Å². The predicted molar refractivity (Wildman–Crippen MR) is 49.8 cm³/mol. The zero-order valence-electron chi connectivity index (χ0n) is 7.64. The number of ether oxygens (including phenoxy) is 2. The summed E-state index contributed by atoms with van der Waals surface area (Å²) in [6, 6.07) is 9.38. The summed E-state index contributed by atoms with van der Waals surface area (Å²) >= 11 is 0. The van der Waals surface area contributed by atoms with Crippen molar-refractivity contribution >= 4 is 0 Å². The first-order chi connectivity index (χ1) is 6.33. The lowest BCUT2D eigenvalue weighted by molar-refractivity contribution is 0.0325. The van der Waals surface area contributed by atoms with Crippen molar-refractivity contribution in [3.05, 3.63) is 30.3 Å². The van der Waals surface area contributed by atoms with E-state index in [9.17, 15) is 5.11 Å². The van der Waals surface area contributed by atoms with Gasteiger partial charge in [0.1, 0.15) is 18.5 Å². The van der Waals surface area contributed by atoms with E-state index in [0.29, 0.717) is 6.61 Å². The van der Waals surface area contributed by atoms with Gasteiger partial charge in [-0.15, -0.1) is 0 Å². The smallest absolute Gasteiger partial charge is 0.119 e. The number of methoxy groups -OCH3 is 1. The zero-order chi connectivity index (χ0) is 9.52. The van der Waals surface area contributed by atoms with Crippen LogP contribution in [0.1, 0.15) is 0 Å². The van der Waals surface area contributed by atoms with Crippen molar-refractivity contribution in [3.63, 3.8) is 0 Å². The summed E-state index contributed by atoms with van der Waals surface area (Å²) in [6.45, 7) is 0.560. The van der Waals surface area contributed by atoms with Gasteiger partial charge in [0.2, 0.25) is 0 Å². The van der Waals surface area contributed by atoms with Crippen LogP contribution in [0.2, 0.25) is 0 Å². The Balaban J connectivity index is 2.27. The maximum atomic E-state index is 9.26. The van der Waals surface area contributed by atoms with Gasteiger partial charge >= 0.3 is 0 Å². The molecule has 0 aliphatic carbocycles. The van der Waals surface area contributed by atoms with E-state index in [1.54, 1.807) is 7.11 Å². The first kappa shape index (κ1) is 10.0. The normalized spacial score (nSPS) is 12.5. The fourth-order valence-electron chi connectivity index (χ4n) is 0.950. The van der Waals surface area contributed by atoms with E-state index in [4.69, 9.17) is 9.47 Å². The van der Waals surface area contributed by atoms with Gasteiger partial charge in [-0.2, -0.15) is 0 Å². The number of aliphatic hydroxyl groups excluding tert-OH is 1. The summed E-state index contributed by atoms with van der Waals surface area (Å²) in [7, 11) is 1.55. The Morgan fingerprint density at radius 2 is 1.92 bits per heavy atom. The molecule has 72 valence electrons. The standard InChI is InChI=1S/C10H14O3/c1-12-7-9(11)8-13-10-5-3-2-4-6-10/h2-6,9,11H,7-8H2,1H3/t9-/m1/s1. The van der Waals surface area contributed by atoms with E-state index < -0.39 is 6.10 Å². The molecule has 0 heterocycles. The first-order valence-electron chi connectivity index (χ1n) is 4.18. The third-order valence-corrected chi connectivity index (χ3v) is 1.54. The lowest BCUT2D eigenvalue weighted by atomic mass is 10.3. The topological polar surface area (TPSA) is 38.7 Å². The summed E-state index contributed by atoms with van der Waals surface area (Å²) in [5.74, 6) is 0.762. The number of aliphatic hydroxyl groups is 1. The minimum Gasteiger partial charge on any atom is -0.491 e. The highest BCUT2D eigenvalue weighted by atomic mass is 16.5. The molecule has 0 aliphatic heterocycles. The van der Waals surface area contributed by atoms with Gasteiger partial charge in [0.15, 0.2) is 0 Å². The van der Waals surface area contributed by atoms with Gasteiger partial charge in [0.05, 0.1) is 6.61 Å². The molecule has 1 rings (SSSR count). The summed E-state index contributed by atoms with van der Waals surface area (Å²) in [5, 5.41) is 9.26.